The highest BCUT2D eigenvalue weighted by molar-refractivity contribution is 6.31. The van der Waals surface area contributed by atoms with Crippen molar-refractivity contribution in [1.29, 1.82) is 0 Å². The van der Waals surface area contributed by atoms with Gasteiger partial charge in [-0.1, -0.05) is 11.6 Å². The number of ether oxygens (including phenoxy) is 2. The number of hydrogen-bond acceptors (Lipinski definition) is 5. The summed E-state index contributed by atoms with van der Waals surface area (Å²) in [5, 5.41) is 0.155. The van der Waals surface area contributed by atoms with Crippen molar-refractivity contribution in [3.8, 4) is 5.88 Å². The van der Waals surface area contributed by atoms with E-state index in [1.807, 2.05) is 0 Å². The molecule has 0 atom stereocenters. The van der Waals surface area contributed by atoms with Gasteiger partial charge in [0.2, 0.25) is 0 Å². The number of methoxy groups -OCH3 is 2. The first-order valence-electron chi connectivity index (χ1n) is 4.75. The van der Waals surface area contributed by atoms with Gasteiger partial charge in [-0.3, -0.25) is 0 Å². The molecule has 88 valence electrons. The van der Waals surface area contributed by atoms with Crippen LogP contribution in [0.5, 0.6) is 5.88 Å². The minimum atomic E-state index is -0.430. The highest BCUT2D eigenvalue weighted by Gasteiger charge is 2.10. The van der Waals surface area contributed by atoms with Gasteiger partial charge in [-0.25, -0.2) is 14.8 Å². The SMILES string of the molecule is COC(=O)c1ccc2nc(OC)c(Cl)nc2c1. The molecule has 0 unspecified atom stereocenters. The van der Waals surface area contributed by atoms with Crippen LogP contribution in [0.2, 0.25) is 5.15 Å². The fraction of sp³-hybridized carbons (Fsp3) is 0.182. The first-order chi connectivity index (χ1) is 8.15. The number of aromatic nitrogens is 2. The first kappa shape index (κ1) is 11.6. The second kappa shape index (κ2) is 4.55. The van der Waals surface area contributed by atoms with Crippen molar-refractivity contribution in [3.05, 3.63) is 28.9 Å². The normalized spacial score (nSPS) is 10.3. The quantitative estimate of drug-likeness (QED) is 0.766. The Bertz CT molecular complexity index is 586. The second-order valence-corrected chi connectivity index (χ2v) is 3.58. The van der Waals surface area contributed by atoms with E-state index in [-0.39, 0.29) is 11.0 Å². The summed E-state index contributed by atoms with van der Waals surface area (Å²) < 4.78 is 9.57. The summed E-state index contributed by atoms with van der Waals surface area (Å²) in [5.41, 5.74) is 1.51. The molecule has 2 rings (SSSR count). The summed E-state index contributed by atoms with van der Waals surface area (Å²) in [7, 11) is 2.78. The largest absolute Gasteiger partial charge is 0.479 e. The molecule has 1 aromatic heterocycles. The number of nitrogens with zero attached hydrogens (tertiary/aromatic N) is 2. The summed E-state index contributed by atoms with van der Waals surface area (Å²) in [5.74, 6) is -0.175. The Morgan fingerprint density at radius 3 is 2.65 bits per heavy atom. The standard InChI is InChI=1S/C11H9ClN2O3/c1-16-10-9(12)13-8-5-6(11(15)17-2)3-4-7(8)14-10/h3-5H,1-2H3. The third-order valence-corrected chi connectivity index (χ3v) is 2.45. The van der Waals surface area contributed by atoms with E-state index >= 15 is 0 Å². The van der Waals surface area contributed by atoms with Gasteiger partial charge in [0.05, 0.1) is 30.8 Å². The zero-order valence-corrected chi connectivity index (χ0v) is 9.99. The predicted octanol–water partition coefficient (Wildman–Crippen LogP) is 2.08. The van der Waals surface area contributed by atoms with Gasteiger partial charge in [0, 0.05) is 0 Å². The average molecular weight is 253 g/mol. The number of carbonyl (C=O) groups excluding carboxylic acids is 1. The number of carbonyl (C=O) groups is 1. The van der Waals surface area contributed by atoms with Gasteiger partial charge in [0.1, 0.15) is 0 Å². The molecule has 0 saturated carbocycles. The molecule has 5 nitrogen and oxygen atoms in total. The lowest BCUT2D eigenvalue weighted by molar-refractivity contribution is 0.0601. The van der Waals surface area contributed by atoms with Crippen molar-refractivity contribution in [1.82, 2.24) is 9.97 Å². The van der Waals surface area contributed by atoms with Gasteiger partial charge in [-0.15, -0.1) is 0 Å². The van der Waals surface area contributed by atoms with Crippen LogP contribution in [0, 0.1) is 0 Å². The maximum Gasteiger partial charge on any atom is 0.337 e. The fourth-order valence-corrected chi connectivity index (χ4v) is 1.60. The number of hydrogen-bond donors (Lipinski definition) is 0. The second-order valence-electron chi connectivity index (χ2n) is 3.22. The van der Waals surface area contributed by atoms with E-state index in [0.717, 1.165) is 0 Å². The van der Waals surface area contributed by atoms with Crippen LogP contribution in [0.1, 0.15) is 10.4 Å². The molecule has 0 spiro atoms. The van der Waals surface area contributed by atoms with Crippen LogP contribution in [0.3, 0.4) is 0 Å². The van der Waals surface area contributed by atoms with Gasteiger partial charge >= 0.3 is 5.97 Å². The van der Waals surface area contributed by atoms with Gasteiger partial charge in [0.25, 0.3) is 5.88 Å². The number of benzene rings is 1. The molecule has 0 aliphatic carbocycles. The Kier molecular flexibility index (Phi) is 3.10. The Morgan fingerprint density at radius 2 is 2.00 bits per heavy atom. The molecular formula is C11H9ClN2O3. The molecule has 0 bridgehead atoms. The molecule has 0 radical (unpaired) electrons. The van der Waals surface area contributed by atoms with Crippen molar-refractivity contribution in [3.63, 3.8) is 0 Å². The summed E-state index contributed by atoms with van der Waals surface area (Å²) in [6, 6.07) is 4.84. The molecule has 0 aliphatic heterocycles. The van der Waals surface area contributed by atoms with Crippen LogP contribution in [0.15, 0.2) is 18.2 Å². The number of rotatable bonds is 2. The van der Waals surface area contributed by atoms with Crippen molar-refractivity contribution >= 4 is 28.6 Å². The van der Waals surface area contributed by atoms with Crippen LogP contribution in [0.4, 0.5) is 0 Å². The smallest absolute Gasteiger partial charge is 0.337 e. The highest BCUT2D eigenvalue weighted by Crippen LogP contribution is 2.23. The van der Waals surface area contributed by atoms with Crippen LogP contribution >= 0.6 is 11.6 Å². The molecule has 2 aromatic rings. The van der Waals surface area contributed by atoms with E-state index in [2.05, 4.69) is 14.7 Å². The Morgan fingerprint density at radius 1 is 1.24 bits per heavy atom. The molecule has 0 amide bonds. The van der Waals surface area contributed by atoms with E-state index in [1.165, 1.54) is 14.2 Å². The van der Waals surface area contributed by atoms with Crippen LogP contribution in [-0.4, -0.2) is 30.2 Å². The van der Waals surface area contributed by atoms with Gasteiger partial charge in [-0.2, -0.15) is 0 Å². The predicted molar refractivity (Wildman–Crippen MR) is 62.4 cm³/mol. The van der Waals surface area contributed by atoms with E-state index in [1.54, 1.807) is 18.2 Å². The summed E-state index contributed by atoms with van der Waals surface area (Å²) in [6.45, 7) is 0. The lowest BCUT2D eigenvalue weighted by atomic mass is 10.2. The van der Waals surface area contributed by atoms with Crippen LogP contribution in [-0.2, 0) is 4.74 Å². The minimum Gasteiger partial charge on any atom is -0.479 e. The van der Waals surface area contributed by atoms with Crippen molar-refractivity contribution < 1.29 is 14.3 Å². The van der Waals surface area contributed by atoms with E-state index in [0.29, 0.717) is 16.6 Å². The van der Waals surface area contributed by atoms with Gasteiger partial charge in [-0.05, 0) is 18.2 Å². The molecule has 17 heavy (non-hydrogen) atoms. The van der Waals surface area contributed by atoms with Crippen LogP contribution in [0.25, 0.3) is 11.0 Å². The molecule has 0 fully saturated rings. The molecule has 1 heterocycles. The summed E-state index contributed by atoms with van der Waals surface area (Å²) in [6.07, 6.45) is 0. The molecule has 0 N–H and O–H groups in total. The maximum absolute atomic E-state index is 11.3. The molecule has 0 aliphatic rings. The van der Waals surface area contributed by atoms with Crippen molar-refractivity contribution in [2.24, 2.45) is 0 Å². The molecule has 6 heteroatoms. The van der Waals surface area contributed by atoms with Crippen molar-refractivity contribution in [2.45, 2.75) is 0 Å². The Hall–Kier alpha value is -1.88. The van der Waals surface area contributed by atoms with E-state index in [4.69, 9.17) is 16.3 Å². The summed E-state index contributed by atoms with van der Waals surface area (Å²) >= 11 is 5.85. The van der Waals surface area contributed by atoms with Gasteiger partial charge in [0.15, 0.2) is 5.15 Å². The lowest BCUT2D eigenvalue weighted by Gasteiger charge is -2.04. The van der Waals surface area contributed by atoms with E-state index in [9.17, 15) is 4.79 Å². The Labute approximate surface area is 102 Å². The molecular weight excluding hydrogens is 244 g/mol. The number of esters is 1. The third-order valence-electron chi connectivity index (χ3n) is 2.21. The summed E-state index contributed by atoms with van der Waals surface area (Å²) in [4.78, 5) is 19.6. The number of halogens is 1. The maximum atomic E-state index is 11.3. The zero-order valence-electron chi connectivity index (χ0n) is 9.23. The minimum absolute atomic E-state index is 0.155. The number of fused-ring (bicyclic) bond motifs is 1. The molecule has 0 saturated heterocycles. The van der Waals surface area contributed by atoms with Crippen molar-refractivity contribution in [2.75, 3.05) is 14.2 Å². The average Bonchev–Trinajstić information content (AvgIpc) is 2.36. The highest BCUT2D eigenvalue weighted by atomic mass is 35.5. The topological polar surface area (TPSA) is 61.3 Å². The third kappa shape index (κ3) is 2.14. The van der Waals surface area contributed by atoms with Gasteiger partial charge < -0.3 is 9.47 Å². The fourth-order valence-electron chi connectivity index (χ4n) is 1.39. The Balaban J connectivity index is 2.59. The monoisotopic (exact) mass is 252 g/mol. The lowest BCUT2D eigenvalue weighted by Crippen LogP contribution is -2.01. The zero-order chi connectivity index (χ0) is 12.4. The van der Waals surface area contributed by atoms with E-state index < -0.39 is 5.97 Å². The first-order valence-corrected chi connectivity index (χ1v) is 5.13. The van der Waals surface area contributed by atoms with Crippen LogP contribution < -0.4 is 4.74 Å². The molecule has 1 aromatic carbocycles.